The molecule has 0 saturated heterocycles. The molecule has 0 bridgehead atoms. The number of carbonyl (C=O) groups is 1. The van der Waals surface area contributed by atoms with Crippen LogP contribution in [0, 0.1) is 11.6 Å². The third kappa shape index (κ3) is 3.98. The molecule has 1 amide bonds. The highest BCUT2D eigenvalue weighted by atomic mass is 19.1. The van der Waals surface area contributed by atoms with E-state index >= 15 is 0 Å². The number of carbonyl (C=O) groups excluding carboxylic acids is 1. The van der Waals surface area contributed by atoms with E-state index in [9.17, 15) is 13.6 Å². The molecule has 4 rings (SSSR count). The van der Waals surface area contributed by atoms with E-state index in [1.807, 2.05) is 0 Å². The van der Waals surface area contributed by atoms with Gasteiger partial charge in [0.2, 0.25) is 5.88 Å². The number of ether oxygens (including phenoxy) is 3. The molecule has 7 nitrogen and oxygen atoms in total. The molecule has 0 N–H and O–H groups in total. The van der Waals surface area contributed by atoms with E-state index in [0.717, 1.165) is 12.1 Å². The standard InChI is InChI=1S/C22H19F2N3O4/c1-29-18-5-3-4-15(19(18)30-2)20-25-11-16-21(26-20)31-9-8-27(22(16)28)12-13-6-7-14(23)10-17(13)24/h3-7,10-11H,8-9,12H2,1-2H3. The molecule has 1 aliphatic heterocycles. The van der Waals surface area contributed by atoms with E-state index in [1.54, 1.807) is 18.2 Å². The molecule has 9 heteroatoms. The van der Waals surface area contributed by atoms with Crippen molar-refractivity contribution >= 4 is 5.91 Å². The fourth-order valence-corrected chi connectivity index (χ4v) is 3.35. The lowest BCUT2D eigenvalue weighted by Gasteiger charge is -2.20. The maximum atomic E-state index is 14.0. The Morgan fingerprint density at radius 1 is 1.13 bits per heavy atom. The van der Waals surface area contributed by atoms with Gasteiger partial charge in [-0.2, -0.15) is 4.98 Å². The van der Waals surface area contributed by atoms with Gasteiger partial charge in [0, 0.05) is 24.4 Å². The van der Waals surface area contributed by atoms with Crippen LogP contribution in [0.5, 0.6) is 17.4 Å². The van der Waals surface area contributed by atoms with Gasteiger partial charge in [0.1, 0.15) is 23.8 Å². The first-order valence-corrected chi connectivity index (χ1v) is 9.46. The van der Waals surface area contributed by atoms with E-state index in [4.69, 9.17) is 14.2 Å². The van der Waals surface area contributed by atoms with Gasteiger partial charge in [-0.05, 0) is 18.2 Å². The molecule has 0 spiro atoms. The van der Waals surface area contributed by atoms with Crippen LogP contribution in [0.4, 0.5) is 8.78 Å². The molecule has 3 aromatic rings. The largest absolute Gasteiger partial charge is 0.493 e. The van der Waals surface area contributed by atoms with Gasteiger partial charge in [-0.3, -0.25) is 4.79 Å². The lowest BCUT2D eigenvalue weighted by molar-refractivity contribution is 0.0741. The maximum Gasteiger partial charge on any atom is 0.261 e. The van der Waals surface area contributed by atoms with Crippen LogP contribution >= 0.6 is 0 Å². The summed E-state index contributed by atoms with van der Waals surface area (Å²) in [5.41, 5.74) is 0.942. The van der Waals surface area contributed by atoms with Gasteiger partial charge >= 0.3 is 0 Å². The highest BCUT2D eigenvalue weighted by Gasteiger charge is 2.27. The third-order valence-corrected chi connectivity index (χ3v) is 4.89. The summed E-state index contributed by atoms with van der Waals surface area (Å²) in [7, 11) is 3.04. The zero-order valence-electron chi connectivity index (χ0n) is 16.9. The van der Waals surface area contributed by atoms with Crippen molar-refractivity contribution in [1.29, 1.82) is 0 Å². The van der Waals surface area contributed by atoms with Crippen LogP contribution in [0.2, 0.25) is 0 Å². The molecule has 2 aromatic carbocycles. The number of fused-ring (bicyclic) bond motifs is 1. The predicted molar refractivity (Wildman–Crippen MR) is 107 cm³/mol. The highest BCUT2D eigenvalue weighted by molar-refractivity contribution is 5.96. The molecular weight excluding hydrogens is 408 g/mol. The van der Waals surface area contributed by atoms with Gasteiger partial charge in [-0.15, -0.1) is 0 Å². The van der Waals surface area contributed by atoms with Crippen molar-refractivity contribution in [3.05, 3.63) is 65.4 Å². The number of rotatable bonds is 5. The second kappa shape index (κ2) is 8.55. The molecule has 1 aromatic heterocycles. The molecule has 0 unspecified atom stereocenters. The smallest absolute Gasteiger partial charge is 0.261 e. The van der Waals surface area contributed by atoms with Crippen LogP contribution in [-0.4, -0.2) is 48.1 Å². The summed E-state index contributed by atoms with van der Waals surface area (Å²) >= 11 is 0. The van der Waals surface area contributed by atoms with Gasteiger partial charge in [0.25, 0.3) is 5.91 Å². The van der Waals surface area contributed by atoms with Crippen molar-refractivity contribution in [1.82, 2.24) is 14.9 Å². The molecule has 0 aliphatic carbocycles. The van der Waals surface area contributed by atoms with Gasteiger partial charge in [0.05, 0.1) is 26.3 Å². The molecule has 1 aliphatic rings. The molecule has 0 radical (unpaired) electrons. The number of nitrogens with zero attached hydrogens (tertiary/aromatic N) is 3. The predicted octanol–water partition coefficient (Wildman–Crippen LogP) is 3.47. The number of methoxy groups -OCH3 is 2. The molecular formula is C22H19F2N3O4. The summed E-state index contributed by atoms with van der Waals surface area (Å²) in [6.07, 6.45) is 1.37. The Morgan fingerprint density at radius 2 is 1.97 bits per heavy atom. The van der Waals surface area contributed by atoms with Crippen molar-refractivity contribution in [2.24, 2.45) is 0 Å². The Hall–Kier alpha value is -3.75. The zero-order valence-corrected chi connectivity index (χ0v) is 16.9. The summed E-state index contributed by atoms with van der Waals surface area (Å²) in [6.45, 7) is 0.344. The minimum absolute atomic E-state index is 0.0286. The fourth-order valence-electron chi connectivity index (χ4n) is 3.35. The Labute approximate surface area is 177 Å². The Bertz CT molecular complexity index is 1140. The molecule has 160 valence electrons. The van der Waals surface area contributed by atoms with Gasteiger partial charge in [-0.25, -0.2) is 13.8 Å². The van der Waals surface area contributed by atoms with Crippen molar-refractivity contribution in [3.8, 4) is 28.8 Å². The number of amides is 1. The van der Waals surface area contributed by atoms with E-state index in [0.29, 0.717) is 22.9 Å². The topological polar surface area (TPSA) is 73.8 Å². The fraction of sp³-hybridized carbons (Fsp3) is 0.227. The van der Waals surface area contributed by atoms with Crippen LogP contribution in [-0.2, 0) is 6.54 Å². The van der Waals surface area contributed by atoms with Crippen LogP contribution in [0.3, 0.4) is 0 Å². The quantitative estimate of drug-likeness (QED) is 0.621. The summed E-state index contributed by atoms with van der Waals surface area (Å²) in [6, 6.07) is 8.56. The first kappa shape index (κ1) is 20.5. The Kier molecular flexibility index (Phi) is 5.66. The van der Waals surface area contributed by atoms with Crippen LogP contribution < -0.4 is 14.2 Å². The Morgan fingerprint density at radius 3 is 2.71 bits per heavy atom. The van der Waals surface area contributed by atoms with E-state index in [2.05, 4.69) is 9.97 Å². The van der Waals surface area contributed by atoms with Gasteiger partial charge < -0.3 is 19.1 Å². The summed E-state index contributed by atoms with van der Waals surface area (Å²) in [5, 5.41) is 0. The summed E-state index contributed by atoms with van der Waals surface area (Å²) in [5.74, 6) is -0.384. The highest BCUT2D eigenvalue weighted by Crippen LogP contribution is 2.37. The van der Waals surface area contributed by atoms with Crippen molar-refractivity contribution in [2.75, 3.05) is 27.4 Å². The first-order chi connectivity index (χ1) is 15.0. The number of hydrogen-bond donors (Lipinski definition) is 0. The van der Waals surface area contributed by atoms with E-state index in [1.165, 1.54) is 31.4 Å². The lowest BCUT2D eigenvalue weighted by atomic mass is 10.1. The molecule has 2 heterocycles. The van der Waals surface area contributed by atoms with Crippen LogP contribution in [0.25, 0.3) is 11.4 Å². The first-order valence-electron chi connectivity index (χ1n) is 9.46. The lowest BCUT2D eigenvalue weighted by Crippen LogP contribution is -2.32. The monoisotopic (exact) mass is 427 g/mol. The summed E-state index contributed by atoms with van der Waals surface area (Å²) < 4.78 is 43.6. The normalized spacial score (nSPS) is 13.3. The second-order valence-corrected chi connectivity index (χ2v) is 6.76. The average molecular weight is 427 g/mol. The number of aromatic nitrogens is 2. The minimum Gasteiger partial charge on any atom is -0.493 e. The number of para-hydroxylation sites is 1. The minimum atomic E-state index is -0.713. The van der Waals surface area contributed by atoms with Crippen molar-refractivity contribution in [3.63, 3.8) is 0 Å². The van der Waals surface area contributed by atoms with Gasteiger partial charge in [0.15, 0.2) is 17.3 Å². The number of halogens is 2. The maximum absolute atomic E-state index is 14.0. The second-order valence-electron chi connectivity index (χ2n) is 6.76. The Balaban J connectivity index is 1.66. The zero-order chi connectivity index (χ0) is 22.0. The summed E-state index contributed by atoms with van der Waals surface area (Å²) in [4.78, 5) is 23.1. The van der Waals surface area contributed by atoms with Crippen molar-refractivity contribution < 1.29 is 27.8 Å². The third-order valence-electron chi connectivity index (χ3n) is 4.89. The molecule has 0 fully saturated rings. The molecule has 0 saturated carbocycles. The number of hydrogen-bond acceptors (Lipinski definition) is 6. The average Bonchev–Trinajstić information content (AvgIpc) is 2.93. The van der Waals surface area contributed by atoms with E-state index in [-0.39, 0.29) is 36.7 Å². The molecule has 0 atom stereocenters. The van der Waals surface area contributed by atoms with E-state index < -0.39 is 17.5 Å². The van der Waals surface area contributed by atoms with Crippen molar-refractivity contribution in [2.45, 2.75) is 6.54 Å². The number of benzene rings is 2. The SMILES string of the molecule is COc1cccc(-c2ncc3c(n2)OCCN(Cc2ccc(F)cc2F)C3=O)c1OC. The van der Waals surface area contributed by atoms with Gasteiger partial charge in [-0.1, -0.05) is 12.1 Å². The molecule has 31 heavy (non-hydrogen) atoms. The van der Waals surface area contributed by atoms with Crippen LogP contribution in [0.1, 0.15) is 15.9 Å². The van der Waals surface area contributed by atoms with Crippen LogP contribution in [0.15, 0.2) is 42.6 Å².